The zero-order chi connectivity index (χ0) is 12.1. The molecular weight excluding hydrogens is 230 g/mol. The van der Waals surface area contributed by atoms with Crippen LogP contribution in [0.3, 0.4) is 0 Å². The molecule has 0 bridgehead atoms. The molecule has 0 saturated heterocycles. The summed E-state index contributed by atoms with van der Waals surface area (Å²) in [5.41, 5.74) is 2.07. The van der Waals surface area contributed by atoms with Gasteiger partial charge in [0.25, 0.3) is 0 Å². The van der Waals surface area contributed by atoms with E-state index in [0.717, 1.165) is 28.0 Å². The summed E-state index contributed by atoms with van der Waals surface area (Å²) in [5.74, 6) is 1.83. The first-order valence-corrected chi connectivity index (χ1v) is 6.57. The lowest BCUT2D eigenvalue weighted by Gasteiger charge is -2.06. The Balaban J connectivity index is 2.43. The minimum Gasteiger partial charge on any atom is -0.373 e. The van der Waals surface area contributed by atoms with Crippen LogP contribution >= 0.6 is 11.8 Å². The van der Waals surface area contributed by atoms with Gasteiger partial charge in [-0.05, 0) is 5.75 Å². The molecule has 1 N–H and O–H groups in total. The molecule has 0 aliphatic carbocycles. The van der Waals surface area contributed by atoms with Gasteiger partial charge in [0.05, 0.1) is 5.69 Å². The molecule has 0 spiro atoms. The SMILES string of the molecule is CCSc1nc(NC)cc(-c2ccccc2)n1. The topological polar surface area (TPSA) is 37.8 Å². The molecule has 1 aromatic heterocycles. The van der Waals surface area contributed by atoms with E-state index in [2.05, 4.69) is 34.3 Å². The Morgan fingerprint density at radius 3 is 2.59 bits per heavy atom. The average Bonchev–Trinajstić information content (AvgIpc) is 2.40. The van der Waals surface area contributed by atoms with Crippen molar-refractivity contribution in [1.29, 1.82) is 0 Å². The van der Waals surface area contributed by atoms with E-state index in [9.17, 15) is 0 Å². The molecule has 1 aromatic carbocycles. The summed E-state index contributed by atoms with van der Waals surface area (Å²) >= 11 is 1.65. The number of nitrogens with one attached hydrogen (secondary N) is 1. The summed E-state index contributed by atoms with van der Waals surface area (Å²) in [4.78, 5) is 8.96. The Morgan fingerprint density at radius 2 is 1.94 bits per heavy atom. The summed E-state index contributed by atoms with van der Waals surface area (Å²) in [5, 5.41) is 3.89. The molecule has 2 aromatic rings. The van der Waals surface area contributed by atoms with E-state index >= 15 is 0 Å². The van der Waals surface area contributed by atoms with Crippen molar-refractivity contribution in [3.63, 3.8) is 0 Å². The quantitative estimate of drug-likeness (QED) is 0.662. The fourth-order valence-corrected chi connectivity index (χ4v) is 2.09. The lowest BCUT2D eigenvalue weighted by Crippen LogP contribution is -1.97. The fourth-order valence-electron chi connectivity index (χ4n) is 1.50. The van der Waals surface area contributed by atoms with Crippen LogP contribution in [-0.2, 0) is 0 Å². The first-order chi connectivity index (χ1) is 8.33. The molecule has 0 atom stereocenters. The molecule has 88 valence electrons. The van der Waals surface area contributed by atoms with E-state index in [0.29, 0.717) is 0 Å². The molecule has 0 fully saturated rings. The van der Waals surface area contributed by atoms with E-state index in [1.54, 1.807) is 11.8 Å². The Hall–Kier alpha value is -1.55. The summed E-state index contributed by atoms with van der Waals surface area (Å²) in [6.07, 6.45) is 0. The Kier molecular flexibility index (Phi) is 3.98. The van der Waals surface area contributed by atoms with E-state index in [4.69, 9.17) is 0 Å². The third-order valence-electron chi connectivity index (χ3n) is 2.30. The summed E-state index contributed by atoms with van der Waals surface area (Å²) in [6.45, 7) is 2.10. The van der Waals surface area contributed by atoms with Gasteiger partial charge in [-0.25, -0.2) is 9.97 Å². The second-order valence-corrected chi connectivity index (χ2v) is 4.70. The minimum absolute atomic E-state index is 0.818. The van der Waals surface area contributed by atoms with Gasteiger partial charge in [-0.1, -0.05) is 49.0 Å². The molecule has 17 heavy (non-hydrogen) atoms. The predicted molar refractivity (Wildman–Crippen MR) is 73.4 cm³/mol. The molecule has 0 saturated carbocycles. The monoisotopic (exact) mass is 245 g/mol. The van der Waals surface area contributed by atoms with E-state index in [1.807, 2.05) is 31.3 Å². The fraction of sp³-hybridized carbons (Fsp3) is 0.231. The standard InChI is InChI=1S/C13H15N3S/c1-3-17-13-15-11(9-12(14-2)16-13)10-7-5-4-6-8-10/h4-9H,3H2,1-2H3,(H,14,15,16). The molecule has 3 nitrogen and oxygen atoms in total. The number of rotatable bonds is 4. The number of thioether (sulfide) groups is 1. The number of hydrogen-bond donors (Lipinski definition) is 1. The van der Waals surface area contributed by atoms with Crippen LogP contribution in [0.4, 0.5) is 5.82 Å². The molecule has 4 heteroatoms. The van der Waals surface area contributed by atoms with Crippen molar-refractivity contribution < 1.29 is 0 Å². The van der Waals surface area contributed by atoms with Crippen LogP contribution in [0.25, 0.3) is 11.3 Å². The highest BCUT2D eigenvalue weighted by Gasteiger charge is 2.05. The van der Waals surface area contributed by atoms with Gasteiger partial charge in [0, 0.05) is 18.7 Å². The van der Waals surface area contributed by atoms with Crippen molar-refractivity contribution >= 4 is 17.6 Å². The molecule has 0 radical (unpaired) electrons. The van der Waals surface area contributed by atoms with E-state index in [-0.39, 0.29) is 0 Å². The van der Waals surface area contributed by atoms with Crippen LogP contribution in [0.1, 0.15) is 6.92 Å². The second kappa shape index (κ2) is 5.68. The van der Waals surface area contributed by atoms with Crippen LogP contribution < -0.4 is 5.32 Å². The van der Waals surface area contributed by atoms with Gasteiger partial charge in [0.2, 0.25) is 0 Å². The van der Waals surface area contributed by atoms with Gasteiger partial charge in [-0.15, -0.1) is 0 Å². The maximum Gasteiger partial charge on any atom is 0.190 e. The van der Waals surface area contributed by atoms with Crippen molar-refractivity contribution in [3.8, 4) is 11.3 Å². The molecule has 0 unspecified atom stereocenters. The van der Waals surface area contributed by atoms with Gasteiger partial charge < -0.3 is 5.32 Å². The van der Waals surface area contributed by atoms with Crippen molar-refractivity contribution in [2.75, 3.05) is 18.1 Å². The first kappa shape index (κ1) is 11.9. The van der Waals surface area contributed by atoms with Gasteiger partial charge in [0.1, 0.15) is 5.82 Å². The maximum atomic E-state index is 4.55. The van der Waals surface area contributed by atoms with E-state index in [1.165, 1.54) is 0 Å². The highest BCUT2D eigenvalue weighted by Crippen LogP contribution is 2.23. The average molecular weight is 245 g/mol. The number of hydrogen-bond acceptors (Lipinski definition) is 4. The van der Waals surface area contributed by atoms with Crippen molar-refractivity contribution in [3.05, 3.63) is 36.4 Å². The predicted octanol–water partition coefficient (Wildman–Crippen LogP) is 3.30. The number of anilines is 1. The first-order valence-electron chi connectivity index (χ1n) is 5.58. The third-order valence-corrected chi connectivity index (χ3v) is 3.03. The third kappa shape index (κ3) is 2.97. The molecule has 0 amide bonds. The lowest BCUT2D eigenvalue weighted by atomic mass is 10.1. The van der Waals surface area contributed by atoms with Crippen molar-refractivity contribution in [2.24, 2.45) is 0 Å². The largest absolute Gasteiger partial charge is 0.373 e. The van der Waals surface area contributed by atoms with Crippen molar-refractivity contribution in [1.82, 2.24) is 9.97 Å². The van der Waals surface area contributed by atoms with Gasteiger partial charge in [0.15, 0.2) is 5.16 Å². The summed E-state index contributed by atoms with van der Waals surface area (Å²) in [7, 11) is 1.87. The normalized spacial score (nSPS) is 10.2. The van der Waals surface area contributed by atoms with Gasteiger partial charge in [-0.2, -0.15) is 0 Å². The molecule has 0 aliphatic rings. The molecule has 1 heterocycles. The number of aromatic nitrogens is 2. The van der Waals surface area contributed by atoms with Crippen LogP contribution in [0.2, 0.25) is 0 Å². The Bertz CT molecular complexity index is 485. The van der Waals surface area contributed by atoms with E-state index < -0.39 is 0 Å². The second-order valence-electron chi connectivity index (χ2n) is 3.47. The Morgan fingerprint density at radius 1 is 1.18 bits per heavy atom. The Labute approximate surface area is 106 Å². The number of nitrogens with zero attached hydrogens (tertiary/aromatic N) is 2. The highest BCUT2D eigenvalue weighted by molar-refractivity contribution is 7.99. The zero-order valence-corrected chi connectivity index (χ0v) is 10.8. The minimum atomic E-state index is 0.818. The van der Waals surface area contributed by atoms with Crippen LogP contribution in [0, 0.1) is 0 Å². The van der Waals surface area contributed by atoms with Crippen molar-refractivity contribution in [2.45, 2.75) is 12.1 Å². The van der Waals surface area contributed by atoms with Crippen LogP contribution in [0.5, 0.6) is 0 Å². The molecule has 2 rings (SSSR count). The summed E-state index contributed by atoms with van der Waals surface area (Å²) in [6, 6.07) is 12.1. The van der Waals surface area contributed by atoms with Crippen LogP contribution in [-0.4, -0.2) is 22.8 Å². The van der Waals surface area contributed by atoms with Crippen LogP contribution in [0.15, 0.2) is 41.6 Å². The smallest absolute Gasteiger partial charge is 0.190 e. The highest BCUT2D eigenvalue weighted by atomic mass is 32.2. The molecule has 0 aliphatic heterocycles. The maximum absolute atomic E-state index is 4.55. The molecular formula is C13H15N3S. The zero-order valence-electron chi connectivity index (χ0n) is 9.97. The van der Waals surface area contributed by atoms with Gasteiger partial charge >= 0.3 is 0 Å². The number of benzene rings is 1. The van der Waals surface area contributed by atoms with Gasteiger partial charge in [-0.3, -0.25) is 0 Å². The lowest BCUT2D eigenvalue weighted by molar-refractivity contribution is 0.975. The summed E-state index contributed by atoms with van der Waals surface area (Å²) < 4.78 is 0.